The van der Waals surface area contributed by atoms with E-state index in [-0.39, 0.29) is 0 Å². The molecule has 0 spiro atoms. The lowest BCUT2D eigenvalue weighted by Gasteiger charge is -2.26. The van der Waals surface area contributed by atoms with E-state index in [2.05, 4.69) is 44.3 Å². The Bertz CT molecular complexity index is 495. The lowest BCUT2D eigenvalue weighted by atomic mass is 10.1. The van der Waals surface area contributed by atoms with Crippen molar-refractivity contribution in [3.05, 3.63) is 33.8 Å². The van der Waals surface area contributed by atoms with Gasteiger partial charge in [0.15, 0.2) is 0 Å². The number of nitrogens with zero attached hydrogens (tertiary/aromatic N) is 1. The van der Waals surface area contributed by atoms with Crippen molar-refractivity contribution in [3.63, 3.8) is 0 Å². The Balaban J connectivity index is 1.57. The van der Waals surface area contributed by atoms with Crippen molar-refractivity contribution in [2.45, 2.75) is 32.0 Å². The van der Waals surface area contributed by atoms with E-state index >= 15 is 0 Å². The van der Waals surface area contributed by atoms with Crippen LogP contribution < -0.4 is 5.32 Å². The molecule has 20 heavy (non-hydrogen) atoms. The minimum atomic E-state index is -0.591. The maximum Gasteiger partial charge on any atom is 0.0363 e. The van der Waals surface area contributed by atoms with Gasteiger partial charge in [-0.25, -0.2) is 0 Å². The SMILES string of the molecule is O=S1CCN(Cc2ccc(CNC3CC3)cc2Br)CC1. The normalized spacial score (nSPS) is 21.2. The standard InChI is InChI=1S/C15H21BrN2OS/c16-15-9-12(10-17-14-3-4-14)1-2-13(15)11-18-5-7-20(19)8-6-18/h1-2,9,14,17H,3-8,10-11H2. The summed E-state index contributed by atoms with van der Waals surface area (Å²) in [5.74, 6) is 1.64. The molecule has 1 aromatic carbocycles. The molecule has 110 valence electrons. The Hall–Kier alpha value is -0.230. The van der Waals surface area contributed by atoms with Crippen LogP contribution in [0.5, 0.6) is 0 Å². The third kappa shape index (κ3) is 4.13. The predicted molar refractivity (Wildman–Crippen MR) is 87.2 cm³/mol. The largest absolute Gasteiger partial charge is 0.310 e. The highest BCUT2D eigenvalue weighted by Gasteiger charge is 2.20. The molecule has 0 atom stereocenters. The number of halogens is 1. The highest BCUT2D eigenvalue weighted by molar-refractivity contribution is 9.10. The molecular weight excluding hydrogens is 336 g/mol. The van der Waals surface area contributed by atoms with E-state index in [9.17, 15) is 4.21 Å². The number of benzene rings is 1. The second-order valence-electron chi connectivity index (χ2n) is 5.71. The third-order valence-electron chi connectivity index (χ3n) is 3.95. The summed E-state index contributed by atoms with van der Waals surface area (Å²) in [5, 5.41) is 3.54. The molecule has 0 radical (unpaired) electrons. The van der Waals surface area contributed by atoms with Gasteiger partial charge in [0.05, 0.1) is 0 Å². The lowest BCUT2D eigenvalue weighted by Crippen LogP contribution is -2.37. The van der Waals surface area contributed by atoms with Gasteiger partial charge in [0.25, 0.3) is 0 Å². The van der Waals surface area contributed by atoms with E-state index < -0.39 is 10.8 Å². The Kier molecular flexibility index (Phi) is 4.91. The molecule has 1 aliphatic heterocycles. The van der Waals surface area contributed by atoms with Gasteiger partial charge in [-0.05, 0) is 30.0 Å². The summed E-state index contributed by atoms with van der Waals surface area (Å²) in [7, 11) is -0.591. The van der Waals surface area contributed by atoms with Gasteiger partial charge in [-0.1, -0.05) is 28.1 Å². The van der Waals surface area contributed by atoms with Crippen molar-refractivity contribution in [2.75, 3.05) is 24.6 Å². The minimum absolute atomic E-state index is 0.591. The monoisotopic (exact) mass is 356 g/mol. The summed E-state index contributed by atoms with van der Waals surface area (Å²) in [6.45, 7) is 3.81. The molecule has 1 aliphatic carbocycles. The Morgan fingerprint density at radius 1 is 1.30 bits per heavy atom. The molecule has 1 aromatic rings. The van der Waals surface area contributed by atoms with Gasteiger partial charge in [-0.2, -0.15) is 0 Å². The minimum Gasteiger partial charge on any atom is -0.310 e. The zero-order valence-electron chi connectivity index (χ0n) is 11.6. The first kappa shape index (κ1) is 14.7. The Morgan fingerprint density at radius 2 is 2.05 bits per heavy atom. The first-order chi connectivity index (χ1) is 9.70. The van der Waals surface area contributed by atoms with Crippen LogP contribution in [0, 0.1) is 0 Å². The van der Waals surface area contributed by atoms with Crippen molar-refractivity contribution < 1.29 is 4.21 Å². The van der Waals surface area contributed by atoms with Gasteiger partial charge >= 0.3 is 0 Å². The van der Waals surface area contributed by atoms with E-state index in [1.807, 2.05) is 0 Å². The second kappa shape index (κ2) is 6.69. The van der Waals surface area contributed by atoms with Crippen LogP contribution in [0.2, 0.25) is 0 Å². The predicted octanol–water partition coefficient (Wildman–Crippen LogP) is 2.27. The summed E-state index contributed by atoms with van der Waals surface area (Å²) in [6.07, 6.45) is 2.66. The van der Waals surface area contributed by atoms with Gasteiger partial charge in [0.2, 0.25) is 0 Å². The number of nitrogens with one attached hydrogen (secondary N) is 1. The van der Waals surface area contributed by atoms with E-state index in [4.69, 9.17) is 0 Å². The lowest BCUT2D eigenvalue weighted by molar-refractivity contribution is 0.291. The second-order valence-corrected chi connectivity index (χ2v) is 8.26. The molecule has 0 aromatic heterocycles. The molecule has 0 unspecified atom stereocenters. The van der Waals surface area contributed by atoms with Gasteiger partial charge in [0, 0.05) is 59.0 Å². The molecular formula is C15H21BrN2OS. The van der Waals surface area contributed by atoms with Crippen molar-refractivity contribution in [1.29, 1.82) is 0 Å². The molecule has 0 bridgehead atoms. The Labute approximate surface area is 131 Å². The van der Waals surface area contributed by atoms with Gasteiger partial charge in [-0.3, -0.25) is 9.11 Å². The third-order valence-corrected chi connectivity index (χ3v) is 5.97. The average molecular weight is 357 g/mol. The summed E-state index contributed by atoms with van der Waals surface area (Å²) in [4.78, 5) is 2.39. The average Bonchev–Trinajstić information content (AvgIpc) is 3.26. The van der Waals surface area contributed by atoms with Crippen LogP contribution in [0.15, 0.2) is 22.7 Å². The van der Waals surface area contributed by atoms with Crippen LogP contribution in [-0.4, -0.2) is 39.7 Å². The molecule has 2 fully saturated rings. The molecule has 1 heterocycles. The van der Waals surface area contributed by atoms with E-state index in [1.165, 1.54) is 28.4 Å². The number of hydrogen-bond acceptors (Lipinski definition) is 3. The van der Waals surface area contributed by atoms with Gasteiger partial charge < -0.3 is 5.32 Å². The quantitative estimate of drug-likeness (QED) is 0.878. The highest BCUT2D eigenvalue weighted by atomic mass is 79.9. The molecule has 5 heteroatoms. The maximum absolute atomic E-state index is 11.4. The molecule has 3 rings (SSSR count). The molecule has 2 aliphatic rings. The number of hydrogen-bond donors (Lipinski definition) is 1. The summed E-state index contributed by atoms with van der Waals surface area (Å²) in [5.41, 5.74) is 2.67. The van der Waals surface area contributed by atoms with Crippen LogP contribution in [0.25, 0.3) is 0 Å². The molecule has 0 amide bonds. The Morgan fingerprint density at radius 3 is 2.70 bits per heavy atom. The fraction of sp³-hybridized carbons (Fsp3) is 0.600. The zero-order valence-corrected chi connectivity index (χ0v) is 14.0. The summed E-state index contributed by atoms with van der Waals surface area (Å²) in [6, 6.07) is 7.42. The van der Waals surface area contributed by atoms with E-state index in [1.54, 1.807) is 0 Å². The zero-order chi connectivity index (χ0) is 13.9. The maximum atomic E-state index is 11.4. The van der Waals surface area contributed by atoms with Crippen molar-refractivity contribution in [1.82, 2.24) is 10.2 Å². The van der Waals surface area contributed by atoms with Crippen molar-refractivity contribution in [2.24, 2.45) is 0 Å². The van der Waals surface area contributed by atoms with Crippen molar-refractivity contribution >= 4 is 26.7 Å². The van der Waals surface area contributed by atoms with E-state index in [0.717, 1.165) is 43.7 Å². The fourth-order valence-electron chi connectivity index (χ4n) is 2.45. The van der Waals surface area contributed by atoms with Crippen molar-refractivity contribution in [3.8, 4) is 0 Å². The first-order valence-corrected chi connectivity index (χ1v) is 9.57. The van der Waals surface area contributed by atoms with E-state index in [0.29, 0.717) is 0 Å². The summed E-state index contributed by atoms with van der Waals surface area (Å²) < 4.78 is 12.6. The van der Waals surface area contributed by atoms with Crippen LogP contribution in [0.3, 0.4) is 0 Å². The molecule has 1 saturated heterocycles. The first-order valence-electron chi connectivity index (χ1n) is 7.29. The van der Waals surface area contributed by atoms with Crippen LogP contribution in [-0.2, 0) is 23.9 Å². The van der Waals surface area contributed by atoms with Crippen LogP contribution >= 0.6 is 15.9 Å². The smallest absolute Gasteiger partial charge is 0.0363 e. The highest BCUT2D eigenvalue weighted by Crippen LogP contribution is 2.23. The van der Waals surface area contributed by atoms with Crippen LogP contribution in [0.4, 0.5) is 0 Å². The van der Waals surface area contributed by atoms with Gasteiger partial charge in [-0.15, -0.1) is 0 Å². The molecule has 1 N–H and O–H groups in total. The van der Waals surface area contributed by atoms with Crippen LogP contribution in [0.1, 0.15) is 24.0 Å². The fourth-order valence-corrected chi connectivity index (χ4v) is 4.13. The molecule has 3 nitrogen and oxygen atoms in total. The topological polar surface area (TPSA) is 32.3 Å². The van der Waals surface area contributed by atoms with Gasteiger partial charge in [0.1, 0.15) is 0 Å². The molecule has 1 saturated carbocycles. The summed E-state index contributed by atoms with van der Waals surface area (Å²) >= 11 is 3.69. The number of rotatable bonds is 5.